The fourth-order valence-electron chi connectivity index (χ4n) is 6.06. The number of carbonyl (C=O) groups excluding carboxylic acids is 1. The Kier molecular flexibility index (Phi) is 7.76. The Morgan fingerprint density at radius 3 is 2.56 bits per heavy atom. The smallest absolute Gasteiger partial charge is 0.256 e. The van der Waals surface area contributed by atoms with Crippen LogP contribution in [0.4, 0.5) is 11.4 Å². The first kappa shape index (κ1) is 26.1. The maximum Gasteiger partial charge on any atom is 0.256 e. The van der Waals surface area contributed by atoms with E-state index >= 15 is 0 Å². The van der Waals surface area contributed by atoms with Gasteiger partial charge < -0.3 is 14.5 Å². The van der Waals surface area contributed by atoms with Crippen LogP contribution >= 0.6 is 11.6 Å². The number of benzene rings is 3. The van der Waals surface area contributed by atoms with Crippen molar-refractivity contribution in [1.82, 2.24) is 9.80 Å². The van der Waals surface area contributed by atoms with Crippen LogP contribution in [0, 0.1) is 6.92 Å². The van der Waals surface area contributed by atoms with Crippen molar-refractivity contribution in [3.05, 3.63) is 64.7 Å². The van der Waals surface area contributed by atoms with Crippen LogP contribution in [0.2, 0.25) is 5.02 Å². The molecule has 1 amide bonds. The lowest BCUT2D eigenvalue weighted by Gasteiger charge is -2.36. The average molecular weight is 545 g/mol. The molecule has 3 aliphatic heterocycles. The third-order valence-electron chi connectivity index (χ3n) is 8.37. The van der Waals surface area contributed by atoms with Crippen LogP contribution in [0.3, 0.4) is 0 Å². The number of unbranched alkanes of at least 4 members (excludes halogenated alkanes) is 2. The third kappa shape index (κ3) is 5.78. The molecule has 39 heavy (non-hydrogen) atoms. The monoisotopic (exact) mass is 544 g/mol. The van der Waals surface area contributed by atoms with E-state index in [1.54, 1.807) is 0 Å². The summed E-state index contributed by atoms with van der Waals surface area (Å²) in [6, 6.07) is 16.6. The standard InChI is InChI=1S/C32H37ClN4O2/c1-23-18-24-19-29-30(34-22-28-6-5-12-37(28)32(29)38)20-25(24)21-31(23)39-17-4-2-3-11-35-13-15-36(16-14-35)27-9-7-26(33)8-10-27/h7-10,18-22,28H,2-6,11-17H2,1H3/t28-/m0/s1. The van der Waals surface area contributed by atoms with E-state index in [9.17, 15) is 4.79 Å². The van der Waals surface area contributed by atoms with Gasteiger partial charge in [-0.15, -0.1) is 0 Å². The summed E-state index contributed by atoms with van der Waals surface area (Å²) in [4.78, 5) is 24.8. The zero-order valence-electron chi connectivity index (χ0n) is 22.7. The highest BCUT2D eigenvalue weighted by Crippen LogP contribution is 2.35. The molecular formula is C32H37ClN4O2. The topological polar surface area (TPSA) is 48.4 Å². The first-order valence-corrected chi connectivity index (χ1v) is 14.7. The van der Waals surface area contributed by atoms with E-state index in [1.165, 1.54) is 12.1 Å². The van der Waals surface area contributed by atoms with Crippen LogP contribution in [0.25, 0.3) is 10.8 Å². The van der Waals surface area contributed by atoms with Crippen molar-refractivity contribution >= 4 is 45.9 Å². The summed E-state index contributed by atoms with van der Waals surface area (Å²) in [6.07, 6.45) is 7.40. The second kappa shape index (κ2) is 11.6. The van der Waals surface area contributed by atoms with E-state index < -0.39 is 0 Å². The highest BCUT2D eigenvalue weighted by Gasteiger charge is 2.31. The number of halogens is 1. The SMILES string of the molecule is Cc1cc2cc3c(cc2cc1OCCCCCN1CCN(c2ccc(Cl)cc2)CC1)N=C[C@@H]1CCCN1C3=O. The number of nitrogens with zero attached hydrogens (tertiary/aromatic N) is 4. The highest BCUT2D eigenvalue weighted by atomic mass is 35.5. The molecule has 204 valence electrons. The quantitative estimate of drug-likeness (QED) is 0.304. The molecule has 0 saturated carbocycles. The van der Waals surface area contributed by atoms with Crippen molar-refractivity contribution in [2.45, 2.75) is 45.1 Å². The second-order valence-corrected chi connectivity index (χ2v) is 11.5. The van der Waals surface area contributed by atoms with Gasteiger partial charge in [0.05, 0.1) is 23.9 Å². The largest absolute Gasteiger partial charge is 0.493 e. The van der Waals surface area contributed by atoms with Gasteiger partial charge in [0.1, 0.15) is 5.75 Å². The normalized spacial score (nSPS) is 19.3. The summed E-state index contributed by atoms with van der Waals surface area (Å²) < 4.78 is 6.22. The molecule has 2 fully saturated rings. The van der Waals surface area contributed by atoms with Gasteiger partial charge in [-0.1, -0.05) is 11.6 Å². The Balaban J connectivity index is 0.976. The van der Waals surface area contributed by atoms with Crippen LogP contribution in [0.5, 0.6) is 5.75 Å². The number of ether oxygens (including phenoxy) is 1. The van der Waals surface area contributed by atoms with Crippen LogP contribution < -0.4 is 9.64 Å². The fourth-order valence-corrected chi connectivity index (χ4v) is 6.19. The number of rotatable bonds is 8. The Morgan fingerprint density at radius 2 is 1.74 bits per heavy atom. The minimum absolute atomic E-state index is 0.105. The highest BCUT2D eigenvalue weighted by molar-refractivity contribution is 6.30. The molecule has 1 atom stereocenters. The molecule has 0 spiro atoms. The van der Waals surface area contributed by atoms with Crippen molar-refractivity contribution in [1.29, 1.82) is 0 Å². The van der Waals surface area contributed by atoms with Gasteiger partial charge in [0, 0.05) is 49.6 Å². The van der Waals surface area contributed by atoms with Gasteiger partial charge in [0.15, 0.2) is 0 Å². The Bertz CT molecular complexity index is 1360. The van der Waals surface area contributed by atoms with Gasteiger partial charge in [0.2, 0.25) is 0 Å². The average Bonchev–Trinajstić information content (AvgIpc) is 3.38. The Morgan fingerprint density at radius 1 is 0.949 bits per heavy atom. The van der Waals surface area contributed by atoms with Gasteiger partial charge in [-0.05, 0) is 110 Å². The van der Waals surface area contributed by atoms with E-state index in [0.29, 0.717) is 5.56 Å². The summed E-state index contributed by atoms with van der Waals surface area (Å²) >= 11 is 6.03. The summed E-state index contributed by atoms with van der Waals surface area (Å²) in [7, 11) is 0. The van der Waals surface area contributed by atoms with Gasteiger partial charge >= 0.3 is 0 Å². The minimum Gasteiger partial charge on any atom is -0.493 e. The molecular weight excluding hydrogens is 508 g/mol. The van der Waals surface area contributed by atoms with Crippen molar-refractivity contribution < 1.29 is 9.53 Å². The van der Waals surface area contributed by atoms with E-state index in [1.807, 2.05) is 35.4 Å². The first-order valence-electron chi connectivity index (χ1n) is 14.3. The van der Waals surface area contributed by atoms with Gasteiger partial charge in [-0.3, -0.25) is 14.7 Å². The number of anilines is 1. The number of hydrogen-bond donors (Lipinski definition) is 0. The summed E-state index contributed by atoms with van der Waals surface area (Å²) in [5.74, 6) is 1.03. The summed E-state index contributed by atoms with van der Waals surface area (Å²) in [6.45, 7) is 9.10. The molecule has 6 rings (SSSR count). The molecule has 2 saturated heterocycles. The zero-order chi connectivity index (χ0) is 26.8. The van der Waals surface area contributed by atoms with E-state index in [4.69, 9.17) is 21.3 Å². The van der Waals surface area contributed by atoms with Crippen molar-refractivity contribution in [2.24, 2.45) is 4.99 Å². The maximum atomic E-state index is 13.1. The number of piperazine rings is 1. The molecule has 0 radical (unpaired) electrons. The first-order chi connectivity index (χ1) is 19.0. The van der Waals surface area contributed by atoms with Crippen molar-refractivity contribution in [3.8, 4) is 5.75 Å². The molecule has 7 heteroatoms. The lowest BCUT2D eigenvalue weighted by molar-refractivity contribution is 0.0775. The molecule has 3 aromatic rings. The van der Waals surface area contributed by atoms with Crippen LogP contribution in [-0.4, -0.2) is 73.8 Å². The van der Waals surface area contributed by atoms with Gasteiger partial charge in [-0.2, -0.15) is 0 Å². The van der Waals surface area contributed by atoms with Crippen molar-refractivity contribution in [3.63, 3.8) is 0 Å². The molecule has 6 nitrogen and oxygen atoms in total. The fraction of sp³-hybridized carbons (Fsp3) is 0.438. The van der Waals surface area contributed by atoms with Crippen molar-refractivity contribution in [2.75, 3.05) is 50.8 Å². The maximum absolute atomic E-state index is 13.1. The number of aliphatic imine (C=N–C) groups is 1. The second-order valence-electron chi connectivity index (χ2n) is 11.0. The molecule has 3 aliphatic rings. The molecule has 0 bridgehead atoms. The van der Waals surface area contributed by atoms with E-state index in [0.717, 1.165) is 104 Å². The minimum atomic E-state index is 0.105. The predicted octanol–water partition coefficient (Wildman–Crippen LogP) is 6.49. The number of aryl methyl sites for hydroxylation is 1. The molecule has 3 heterocycles. The van der Waals surface area contributed by atoms with Crippen LogP contribution in [-0.2, 0) is 0 Å². The van der Waals surface area contributed by atoms with Crippen LogP contribution in [0.1, 0.15) is 48.0 Å². The Hall–Kier alpha value is -3.09. The zero-order valence-corrected chi connectivity index (χ0v) is 23.5. The van der Waals surface area contributed by atoms with Gasteiger partial charge in [0.25, 0.3) is 5.91 Å². The predicted molar refractivity (Wildman–Crippen MR) is 160 cm³/mol. The Labute approximate surface area is 236 Å². The number of hydrogen-bond acceptors (Lipinski definition) is 5. The van der Waals surface area contributed by atoms with Gasteiger partial charge in [-0.25, -0.2) is 0 Å². The van der Waals surface area contributed by atoms with E-state index in [-0.39, 0.29) is 11.9 Å². The lowest BCUT2D eigenvalue weighted by Crippen LogP contribution is -2.46. The number of fused-ring (bicyclic) bond motifs is 3. The molecule has 3 aromatic carbocycles. The number of carbonyl (C=O) groups is 1. The van der Waals surface area contributed by atoms with E-state index in [2.05, 4.69) is 41.0 Å². The molecule has 0 unspecified atom stereocenters. The molecule has 0 aliphatic carbocycles. The summed E-state index contributed by atoms with van der Waals surface area (Å²) in [5, 5.41) is 2.92. The number of amides is 1. The van der Waals surface area contributed by atoms with Crippen LogP contribution in [0.15, 0.2) is 53.5 Å². The molecule has 0 N–H and O–H groups in total. The lowest BCUT2D eigenvalue weighted by atomic mass is 10.0. The third-order valence-corrected chi connectivity index (χ3v) is 8.62. The molecule has 0 aromatic heterocycles. The summed E-state index contributed by atoms with van der Waals surface area (Å²) in [5.41, 5.74) is 3.84.